The van der Waals surface area contributed by atoms with Crippen LogP contribution >= 0.6 is 0 Å². The van der Waals surface area contributed by atoms with Crippen LogP contribution < -0.4 is 5.11 Å². The molecule has 0 spiro atoms. The zero-order valence-electron chi connectivity index (χ0n) is 11.5. The van der Waals surface area contributed by atoms with Crippen molar-refractivity contribution in [2.45, 2.75) is 71.1 Å². The summed E-state index contributed by atoms with van der Waals surface area (Å²) in [5.41, 5.74) is 0. The number of amides is 1. The van der Waals surface area contributed by atoms with Gasteiger partial charge in [-0.05, 0) is 6.42 Å². The van der Waals surface area contributed by atoms with Gasteiger partial charge in [0.15, 0.2) is 0 Å². The first-order valence-corrected chi connectivity index (χ1v) is 7.10. The fourth-order valence-corrected chi connectivity index (χ4v) is 1.93. The summed E-state index contributed by atoms with van der Waals surface area (Å²) in [6.45, 7) is 2.85. The molecule has 0 unspecified atom stereocenters. The van der Waals surface area contributed by atoms with Gasteiger partial charge in [0.05, 0.1) is 0 Å². The van der Waals surface area contributed by atoms with Crippen LogP contribution in [0.4, 0.5) is 4.79 Å². The Hall–Kier alpha value is -0.730. The van der Waals surface area contributed by atoms with E-state index in [1.54, 1.807) is 7.05 Å². The maximum atomic E-state index is 10.4. The molecule has 0 fully saturated rings. The Morgan fingerprint density at radius 1 is 0.882 bits per heavy atom. The highest BCUT2D eigenvalue weighted by atomic mass is 16.4. The van der Waals surface area contributed by atoms with Crippen LogP contribution in [0.1, 0.15) is 71.1 Å². The van der Waals surface area contributed by atoms with Crippen LogP contribution in [0.2, 0.25) is 0 Å². The molecule has 0 heterocycles. The van der Waals surface area contributed by atoms with E-state index >= 15 is 0 Å². The lowest BCUT2D eigenvalue weighted by atomic mass is 10.1. The highest BCUT2D eigenvalue weighted by Gasteiger charge is 1.96. The van der Waals surface area contributed by atoms with Gasteiger partial charge in [-0.1, -0.05) is 64.7 Å². The molecule has 0 aliphatic carbocycles. The van der Waals surface area contributed by atoms with Gasteiger partial charge in [0.1, 0.15) is 6.09 Å². The molecule has 0 saturated carbocycles. The van der Waals surface area contributed by atoms with E-state index < -0.39 is 6.09 Å². The monoisotopic (exact) mass is 242 g/mol. The number of carbonyl (C=O) groups excluding carboxylic acids is 1. The molecule has 0 aromatic rings. The highest BCUT2D eigenvalue weighted by Crippen LogP contribution is 2.10. The molecule has 0 bridgehead atoms. The summed E-state index contributed by atoms with van der Waals surface area (Å²) in [6.07, 6.45) is 11.7. The van der Waals surface area contributed by atoms with Gasteiger partial charge in [-0.15, -0.1) is 0 Å². The summed E-state index contributed by atoms with van der Waals surface area (Å²) in [4.78, 5) is 11.7. The fourth-order valence-electron chi connectivity index (χ4n) is 1.93. The van der Waals surface area contributed by atoms with E-state index in [4.69, 9.17) is 0 Å². The van der Waals surface area contributed by atoms with Crippen LogP contribution in [0.5, 0.6) is 0 Å². The van der Waals surface area contributed by atoms with Gasteiger partial charge in [-0.3, -0.25) is 0 Å². The van der Waals surface area contributed by atoms with Crippen molar-refractivity contribution in [1.29, 1.82) is 0 Å². The first-order valence-electron chi connectivity index (χ1n) is 7.10. The lowest BCUT2D eigenvalue weighted by molar-refractivity contribution is -0.264. The quantitative estimate of drug-likeness (QED) is 0.522. The summed E-state index contributed by atoms with van der Waals surface area (Å²) in [6, 6.07) is 0. The zero-order valence-corrected chi connectivity index (χ0v) is 11.5. The molecule has 0 saturated heterocycles. The van der Waals surface area contributed by atoms with E-state index in [9.17, 15) is 9.90 Å². The molecule has 0 N–H and O–H groups in total. The Morgan fingerprint density at radius 2 is 1.29 bits per heavy atom. The maximum absolute atomic E-state index is 10.4. The molecule has 0 aliphatic heterocycles. The third-order valence-corrected chi connectivity index (χ3v) is 3.16. The van der Waals surface area contributed by atoms with Gasteiger partial charge in [-0.2, -0.15) is 0 Å². The Kier molecular flexibility index (Phi) is 11.2. The van der Waals surface area contributed by atoms with Crippen molar-refractivity contribution in [3.05, 3.63) is 0 Å². The summed E-state index contributed by atoms with van der Waals surface area (Å²) >= 11 is 0. The van der Waals surface area contributed by atoms with E-state index in [1.807, 2.05) is 0 Å². The molecule has 0 rings (SSSR count). The summed E-state index contributed by atoms with van der Waals surface area (Å²) in [7, 11) is 1.57. The molecule has 0 aromatic heterocycles. The molecule has 0 aromatic carbocycles. The number of carbonyl (C=O) groups is 1. The number of carboxylic acid groups (broad SMARTS) is 1. The number of nitrogens with zero attached hydrogens (tertiary/aromatic N) is 1. The standard InChI is InChI=1S/C14H29NO2/c1-3-4-5-6-7-8-9-10-11-12-13-15(2)14(16)17/h3-13H2,1-2H3,(H,16,17)/p-1. The second-order valence-electron chi connectivity index (χ2n) is 4.87. The van der Waals surface area contributed by atoms with E-state index in [1.165, 1.54) is 56.3 Å². The van der Waals surface area contributed by atoms with E-state index in [2.05, 4.69) is 6.92 Å². The van der Waals surface area contributed by atoms with Crippen LogP contribution in [0, 0.1) is 0 Å². The minimum absolute atomic E-state index is 0.610. The molecule has 3 nitrogen and oxygen atoms in total. The molecule has 0 aliphatic rings. The van der Waals surface area contributed by atoms with Crippen LogP contribution in [0.25, 0.3) is 0 Å². The average molecular weight is 242 g/mol. The second kappa shape index (κ2) is 11.7. The maximum Gasteiger partial charge on any atom is 0.136 e. The number of rotatable bonds is 11. The van der Waals surface area contributed by atoms with Gasteiger partial charge in [0.2, 0.25) is 0 Å². The smallest absolute Gasteiger partial charge is 0.136 e. The second-order valence-corrected chi connectivity index (χ2v) is 4.87. The predicted octanol–water partition coefficient (Wildman–Crippen LogP) is 3.18. The molecule has 0 atom stereocenters. The van der Waals surface area contributed by atoms with E-state index in [0.717, 1.165) is 12.8 Å². The van der Waals surface area contributed by atoms with Crippen molar-refractivity contribution in [3.8, 4) is 0 Å². The first kappa shape index (κ1) is 16.3. The minimum atomic E-state index is -1.07. The van der Waals surface area contributed by atoms with Crippen molar-refractivity contribution in [2.24, 2.45) is 0 Å². The van der Waals surface area contributed by atoms with Crippen LogP contribution in [0.3, 0.4) is 0 Å². The molecule has 1 amide bonds. The SMILES string of the molecule is CCCCCCCCCCCCN(C)C(=O)[O-]. The van der Waals surface area contributed by atoms with Gasteiger partial charge in [0, 0.05) is 13.6 Å². The van der Waals surface area contributed by atoms with Crippen molar-refractivity contribution in [1.82, 2.24) is 4.90 Å². The largest absolute Gasteiger partial charge is 0.530 e. The average Bonchev–Trinajstić information content (AvgIpc) is 2.31. The third-order valence-electron chi connectivity index (χ3n) is 3.16. The minimum Gasteiger partial charge on any atom is -0.530 e. The Morgan fingerprint density at radius 3 is 1.71 bits per heavy atom. The molecule has 0 radical (unpaired) electrons. The third kappa shape index (κ3) is 11.5. The fraction of sp³-hybridized carbons (Fsp3) is 0.929. The van der Waals surface area contributed by atoms with Crippen molar-refractivity contribution in [3.63, 3.8) is 0 Å². The van der Waals surface area contributed by atoms with Crippen molar-refractivity contribution in [2.75, 3.05) is 13.6 Å². The molecule has 17 heavy (non-hydrogen) atoms. The Labute approximate surface area is 106 Å². The van der Waals surface area contributed by atoms with Crippen molar-refractivity contribution >= 4 is 6.09 Å². The molecule has 102 valence electrons. The number of hydrogen-bond donors (Lipinski definition) is 0. The normalized spacial score (nSPS) is 10.5. The van der Waals surface area contributed by atoms with Crippen LogP contribution in [-0.4, -0.2) is 24.6 Å². The summed E-state index contributed by atoms with van der Waals surface area (Å²) < 4.78 is 0. The predicted molar refractivity (Wildman–Crippen MR) is 69.9 cm³/mol. The van der Waals surface area contributed by atoms with Crippen molar-refractivity contribution < 1.29 is 9.90 Å². The summed E-state index contributed by atoms with van der Waals surface area (Å²) in [5, 5.41) is 10.4. The van der Waals surface area contributed by atoms with Gasteiger partial charge < -0.3 is 14.8 Å². The van der Waals surface area contributed by atoms with Crippen LogP contribution in [0.15, 0.2) is 0 Å². The Bertz CT molecular complexity index is 183. The first-order chi connectivity index (χ1) is 8.18. The van der Waals surface area contributed by atoms with Gasteiger partial charge in [0.25, 0.3) is 0 Å². The molecular weight excluding hydrogens is 214 g/mol. The van der Waals surface area contributed by atoms with E-state index in [-0.39, 0.29) is 0 Å². The molecule has 3 heteroatoms. The zero-order chi connectivity index (χ0) is 12.9. The van der Waals surface area contributed by atoms with Gasteiger partial charge in [-0.25, -0.2) is 0 Å². The van der Waals surface area contributed by atoms with Gasteiger partial charge >= 0.3 is 0 Å². The Balaban J connectivity index is 3.06. The van der Waals surface area contributed by atoms with Crippen LogP contribution in [-0.2, 0) is 0 Å². The lowest BCUT2D eigenvalue weighted by Crippen LogP contribution is -2.38. The van der Waals surface area contributed by atoms with E-state index in [0.29, 0.717) is 6.54 Å². The molecular formula is C14H28NO2-. The number of unbranched alkanes of at least 4 members (excludes halogenated alkanes) is 9. The summed E-state index contributed by atoms with van der Waals surface area (Å²) in [5.74, 6) is 0. The number of hydrogen-bond acceptors (Lipinski definition) is 2. The highest BCUT2D eigenvalue weighted by molar-refractivity contribution is 5.61. The lowest BCUT2D eigenvalue weighted by Gasteiger charge is -2.18. The topological polar surface area (TPSA) is 43.4 Å².